The first-order valence-electron chi connectivity index (χ1n) is 8.00. The van der Waals surface area contributed by atoms with Gasteiger partial charge in [0.1, 0.15) is 0 Å². The summed E-state index contributed by atoms with van der Waals surface area (Å²) >= 11 is 0. The van der Waals surface area contributed by atoms with E-state index in [1.54, 1.807) is 24.3 Å². The molecule has 3 N–H and O–H groups in total. The van der Waals surface area contributed by atoms with E-state index in [0.717, 1.165) is 5.39 Å². The van der Waals surface area contributed by atoms with E-state index in [-0.39, 0.29) is 16.7 Å². The number of aromatic carboxylic acids is 3. The maximum Gasteiger partial charge on any atom is 0.336 e. The molecule has 0 aliphatic rings. The predicted octanol–water partition coefficient (Wildman–Crippen LogP) is 4.24. The van der Waals surface area contributed by atoms with E-state index in [9.17, 15) is 29.7 Å². The van der Waals surface area contributed by atoms with Crippen molar-refractivity contribution in [3.8, 4) is 0 Å². The summed E-state index contributed by atoms with van der Waals surface area (Å²) in [5.74, 6) is -3.29. The van der Waals surface area contributed by atoms with E-state index in [4.69, 9.17) is 0 Å². The third-order valence-corrected chi connectivity index (χ3v) is 4.66. The molecule has 27 heavy (non-hydrogen) atoms. The molecule has 0 aliphatic carbocycles. The molecule has 0 spiro atoms. The highest BCUT2D eigenvalue weighted by Crippen LogP contribution is 2.35. The molecule has 0 aromatic heterocycles. The Morgan fingerprint density at radius 3 is 1.70 bits per heavy atom. The minimum atomic E-state index is -1.14. The van der Waals surface area contributed by atoms with Gasteiger partial charge in [0, 0.05) is 5.39 Å². The number of carboxylic acids is 3. The maximum absolute atomic E-state index is 11.9. The molecule has 0 heterocycles. The fourth-order valence-corrected chi connectivity index (χ4v) is 3.43. The summed E-state index contributed by atoms with van der Waals surface area (Å²) in [6.45, 7) is 0. The van der Waals surface area contributed by atoms with Gasteiger partial charge in [0.15, 0.2) is 0 Å². The Balaban J connectivity index is 2.18. The summed E-state index contributed by atoms with van der Waals surface area (Å²) in [7, 11) is 0. The number of rotatable bonds is 3. The molecule has 132 valence electrons. The highest BCUT2D eigenvalue weighted by atomic mass is 16.4. The fourth-order valence-electron chi connectivity index (χ4n) is 3.43. The highest BCUT2D eigenvalue weighted by Gasteiger charge is 2.16. The van der Waals surface area contributed by atoms with Crippen LogP contribution >= 0.6 is 0 Å². The van der Waals surface area contributed by atoms with Crippen LogP contribution in [-0.4, -0.2) is 33.2 Å². The Kier molecular flexibility index (Phi) is 3.56. The lowest BCUT2D eigenvalue weighted by Crippen LogP contribution is -2.01. The third kappa shape index (κ3) is 2.55. The number of benzene rings is 4. The highest BCUT2D eigenvalue weighted by molar-refractivity contribution is 6.24. The number of hydrogen-bond donors (Lipinski definition) is 3. The van der Waals surface area contributed by atoms with Crippen molar-refractivity contribution >= 4 is 50.2 Å². The second-order valence-corrected chi connectivity index (χ2v) is 6.20. The van der Waals surface area contributed by atoms with Gasteiger partial charge in [-0.05, 0) is 57.3 Å². The molecule has 6 heteroatoms. The summed E-state index contributed by atoms with van der Waals surface area (Å²) < 4.78 is 0. The zero-order chi connectivity index (χ0) is 19.3. The van der Waals surface area contributed by atoms with Crippen LogP contribution in [0, 0.1) is 0 Å². The van der Waals surface area contributed by atoms with Crippen LogP contribution in [0.2, 0.25) is 0 Å². The van der Waals surface area contributed by atoms with Gasteiger partial charge >= 0.3 is 17.9 Å². The number of carboxylic acid groups (broad SMARTS) is 3. The summed E-state index contributed by atoms with van der Waals surface area (Å²) in [5.41, 5.74) is 0.226. The van der Waals surface area contributed by atoms with Crippen molar-refractivity contribution in [3.63, 3.8) is 0 Å². The summed E-state index contributed by atoms with van der Waals surface area (Å²) in [6, 6.07) is 14.0. The predicted molar refractivity (Wildman–Crippen MR) is 99.8 cm³/mol. The molecular formula is C21H12O6. The quantitative estimate of drug-likeness (QED) is 0.471. The van der Waals surface area contributed by atoms with Crippen molar-refractivity contribution in [2.75, 3.05) is 0 Å². The van der Waals surface area contributed by atoms with Gasteiger partial charge < -0.3 is 15.3 Å². The lowest BCUT2D eigenvalue weighted by atomic mass is 9.91. The van der Waals surface area contributed by atoms with Gasteiger partial charge in [0.05, 0.1) is 16.7 Å². The number of fused-ring (bicyclic) bond motifs is 5. The van der Waals surface area contributed by atoms with Crippen LogP contribution in [0.25, 0.3) is 32.3 Å². The lowest BCUT2D eigenvalue weighted by molar-refractivity contribution is 0.0686. The summed E-state index contributed by atoms with van der Waals surface area (Å²) in [6.07, 6.45) is 0. The van der Waals surface area contributed by atoms with E-state index < -0.39 is 17.9 Å². The number of carbonyl (C=O) groups is 3. The molecule has 0 radical (unpaired) electrons. The van der Waals surface area contributed by atoms with E-state index in [0.29, 0.717) is 26.9 Å². The zero-order valence-electron chi connectivity index (χ0n) is 13.8. The van der Waals surface area contributed by atoms with Crippen molar-refractivity contribution in [3.05, 3.63) is 71.3 Å². The van der Waals surface area contributed by atoms with Crippen LogP contribution in [-0.2, 0) is 0 Å². The average Bonchev–Trinajstić information content (AvgIpc) is 2.65. The van der Waals surface area contributed by atoms with Crippen molar-refractivity contribution in [1.82, 2.24) is 0 Å². The zero-order valence-corrected chi connectivity index (χ0v) is 13.8. The van der Waals surface area contributed by atoms with E-state index in [1.165, 1.54) is 30.3 Å². The van der Waals surface area contributed by atoms with E-state index in [1.807, 2.05) is 0 Å². The molecule has 0 atom stereocenters. The van der Waals surface area contributed by atoms with Crippen molar-refractivity contribution < 1.29 is 29.7 Å². The standard InChI is InChI=1S/C21H12O6/c22-19(23)11-3-5-15-10(7-11)1-6-16-14-4-2-12(20(24)25)8-13(14)9-17(18(15)16)21(26)27/h1-9H,(H,22,23)(H,24,25)(H,26,27). The normalized spacial score (nSPS) is 11.1. The number of hydrogen-bond acceptors (Lipinski definition) is 3. The molecule has 6 nitrogen and oxygen atoms in total. The smallest absolute Gasteiger partial charge is 0.336 e. The maximum atomic E-state index is 11.9. The Morgan fingerprint density at radius 2 is 1.11 bits per heavy atom. The van der Waals surface area contributed by atoms with Gasteiger partial charge in [0.2, 0.25) is 0 Å². The Morgan fingerprint density at radius 1 is 0.556 bits per heavy atom. The summed E-state index contributed by atoms with van der Waals surface area (Å²) in [4.78, 5) is 34.3. The Hall–Kier alpha value is -3.93. The molecule has 4 aromatic carbocycles. The van der Waals surface area contributed by atoms with Gasteiger partial charge in [0.25, 0.3) is 0 Å². The molecule has 0 aliphatic heterocycles. The molecule has 0 amide bonds. The SMILES string of the molecule is O=C(O)c1ccc2c(c1)cc(C(=O)O)c1c3ccc(C(=O)O)cc3ccc21. The largest absolute Gasteiger partial charge is 0.478 e. The second-order valence-electron chi connectivity index (χ2n) is 6.20. The first-order valence-corrected chi connectivity index (χ1v) is 8.00. The molecule has 0 fully saturated rings. The van der Waals surface area contributed by atoms with Gasteiger partial charge in [-0.2, -0.15) is 0 Å². The molecule has 0 saturated carbocycles. The fraction of sp³-hybridized carbons (Fsp3) is 0. The molecule has 0 bridgehead atoms. The van der Waals surface area contributed by atoms with Crippen LogP contribution in [0.5, 0.6) is 0 Å². The lowest BCUT2D eigenvalue weighted by Gasteiger charge is -2.12. The van der Waals surface area contributed by atoms with Crippen LogP contribution < -0.4 is 0 Å². The molecule has 0 unspecified atom stereocenters. The molecular weight excluding hydrogens is 348 g/mol. The molecule has 4 aromatic rings. The monoisotopic (exact) mass is 360 g/mol. The van der Waals surface area contributed by atoms with Crippen LogP contribution in [0.4, 0.5) is 0 Å². The van der Waals surface area contributed by atoms with E-state index >= 15 is 0 Å². The van der Waals surface area contributed by atoms with Gasteiger partial charge in [-0.25, -0.2) is 14.4 Å². The average molecular weight is 360 g/mol. The van der Waals surface area contributed by atoms with Crippen LogP contribution in [0.3, 0.4) is 0 Å². The minimum absolute atomic E-state index is 0.0358. The van der Waals surface area contributed by atoms with E-state index in [2.05, 4.69) is 0 Å². The van der Waals surface area contributed by atoms with Crippen molar-refractivity contribution in [1.29, 1.82) is 0 Å². The molecule has 0 saturated heterocycles. The van der Waals surface area contributed by atoms with Crippen molar-refractivity contribution in [2.45, 2.75) is 0 Å². The molecule has 4 rings (SSSR count). The first kappa shape index (κ1) is 16.5. The first-order chi connectivity index (χ1) is 12.9. The third-order valence-electron chi connectivity index (χ3n) is 4.66. The second kappa shape index (κ2) is 5.81. The van der Waals surface area contributed by atoms with Crippen LogP contribution in [0.15, 0.2) is 54.6 Å². The van der Waals surface area contributed by atoms with Gasteiger partial charge in [-0.3, -0.25) is 0 Å². The van der Waals surface area contributed by atoms with Crippen molar-refractivity contribution in [2.24, 2.45) is 0 Å². The Bertz CT molecular complexity index is 1300. The summed E-state index contributed by atoms with van der Waals surface area (Å²) in [5, 5.41) is 31.7. The van der Waals surface area contributed by atoms with Crippen LogP contribution in [0.1, 0.15) is 31.1 Å². The van der Waals surface area contributed by atoms with Gasteiger partial charge in [-0.15, -0.1) is 0 Å². The topological polar surface area (TPSA) is 112 Å². The minimum Gasteiger partial charge on any atom is -0.478 e. The van der Waals surface area contributed by atoms with Gasteiger partial charge in [-0.1, -0.05) is 24.3 Å². The Labute approximate surface area is 151 Å².